The molecule has 0 amide bonds. The van der Waals surface area contributed by atoms with Gasteiger partial charge in [0.05, 0.1) is 0 Å². The van der Waals surface area contributed by atoms with Gasteiger partial charge < -0.3 is 5.73 Å². The summed E-state index contributed by atoms with van der Waals surface area (Å²) in [5.74, 6) is 0.598. The third kappa shape index (κ3) is 3.85. The second-order valence-corrected chi connectivity index (χ2v) is 5.91. The fraction of sp³-hybridized carbons (Fsp3) is 0.538. The van der Waals surface area contributed by atoms with Crippen molar-refractivity contribution >= 4 is 39.9 Å². The zero-order valence-electron chi connectivity index (χ0n) is 9.66. The number of benzene rings is 1. The van der Waals surface area contributed by atoms with Gasteiger partial charge in [0, 0.05) is 15.5 Å². The normalized spacial score (nSPS) is 18.5. The molecule has 0 aliphatic heterocycles. The van der Waals surface area contributed by atoms with Crippen LogP contribution in [-0.4, -0.2) is 0 Å². The van der Waals surface area contributed by atoms with Crippen molar-refractivity contribution in [3.8, 4) is 0 Å². The number of hydrogen-bond acceptors (Lipinski definition) is 1. The van der Waals surface area contributed by atoms with E-state index in [0.29, 0.717) is 5.92 Å². The second kappa shape index (κ2) is 6.98. The molecule has 2 N–H and O–H groups in total. The first-order chi connectivity index (χ1) is 7.68. The van der Waals surface area contributed by atoms with Gasteiger partial charge in [-0.2, -0.15) is 0 Å². The summed E-state index contributed by atoms with van der Waals surface area (Å²) in [6.45, 7) is 0. The lowest BCUT2D eigenvalue weighted by Gasteiger charge is -2.28. The van der Waals surface area contributed by atoms with Crippen molar-refractivity contribution < 1.29 is 0 Å². The maximum absolute atomic E-state index is 6.33. The monoisotopic (exact) mass is 337 g/mol. The summed E-state index contributed by atoms with van der Waals surface area (Å²) in [6.07, 6.45) is 6.46. The fourth-order valence-corrected chi connectivity index (χ4v) is 3.14. The molecular weight excluding hydrogens is 321 g/mol. The van der Waals surface area contributed by atoms with E-state index in [0.717, 1.165) is 15.1 Å². The molecule has 1 aromatic rings. The molecule has 1 aromatic carbocycles. The Labute approximate surface area is 123 Å². The number of rotatable bonds is 2. The van der Waals surface area contributed by atoms with Crippen LogP contribution in [0.25, 0.3) is 0 Å². The van der Waals surface area contributed by atoms with E-state index in [1.807, 2.05) is 12.1 Å². The van der Waals surface area contributed by atoms with E-state index in [2.05, 4.69) is 22.0 Å². The molecule has 0 aromatic heterocycles. The minimum Gasteiger partial charge on any atom is -0.324 e. The number of hydrogen-bond donors (Lipinski definition) is 1. The molecule has 4 heteroatoms. The van der Waals surface area contributed by atoms with E-state index in [4.69, 9.17) is 17.3 Å². The van der Waals surface area contributed by atoms with Crippen LogP contribution >= 0.6 is 39.9 Å². The van der Waals surface area contributed by atoms with E-state index in [1.165, 1.54) is 32.1 Å². The molecule has 96 valence electrons. The molecule has 0 bridgehead atoms. The smallest absolute Gasteiger partial charge is 0.0454 e. The average molecular weight is 339 g/mol. The highest BCUT2D eigenvalue weighted by molar-refractivity contribution is 9.10. The van der Waals surface area contributed by atoms with Crippen LogP contribution in [0.15, 0.2) is 22.7 Å². The molecule has 0 heterocycles. The van der Waals surface area contributed by atoms with Crippen molar-refractivity contribution in [2.75, 3.05) is 0 Å². The zero-order valence-corrected chi connectivity index (χ0v) is 12.8. The van der Waals surface area contributed by atoms with Gasteiger partial charge in [0.25, 0.3) is 0 Å². The molecular formula is C13H18BrCl2N. The van der Waals surface area contributed by atoms with Crippen molar-refractivity contribution in [1.29, 1.82) is 0 Å². The first-order valence-electron chi connectivity index (χ1n) is 5.89. The van der Waals surface area contributed by atoms with E-state index < -0.39 is 0 Å². The Morgan fingerprint density at radius 2 is 1.88 bits per heavy atom. The van der Waals surface area contributed by atoms with Gasteiger partial charge >= 0.3 is 0 Å². The highest BCUT2D eigenvalue weighted by Gasteiger charge is 2.23. The van der Waals surface area contributed by atoms with E-state index in [9.17, 15) is 0 Å². The van der Waals surface area contributed by atoms with Crippen LogP contribution in [0.3, 0.4) is 0 Å². The van der Waals surface area contributed by atoms with Gasteiger partial charge in [-0.3, -0.25) is 0 Å². The number of halogens is 3. The average Bonchev–Trinajstić information content (AvgIpc) is 2.32. The molecule has 0 radical (unpaired) electrons. The van der Waals surface area contributed by atoms with Crippen molar-refractivity contribution in [2.45, 2.75) is 38.1 Å². The van der Waals surface area contributed by atoms with Crippen LogP contribution < -0.4 is 5.73 Å². The summed E-state index contributed by atoms with van der Waals surface area (Å²) in [6, 6.07) is 6.02. The second-order valence-electron chi connectivity index (χ2n) is 4.59. The molecule has 1 fully saturated rings. The Bertz CT molecular complexity index is 364. The largest absolute Gasteiger partial charge is 0.324 e. The molecule has 1 nitrogen and oxygen atoms in total. The maximum Gasteiger partial charge on any atom is 0.0454 e. The highest BCUT2D eigenvalue weighted by atomic mass is 79.9. The van der Waals surface area contributed by atoms with Crippen LogP contribution in [-0.2, 0) is 0 Å². The fourth-order valence-electron chi connectivity index (χ4n) is 2.52. The van der Waals surface area contributed by atoms with Crippen LogP contribution in [0.2, 0.25) is 5.02 Å². The molecule has 0 spiro atoms. The molecule has 2 rings (SSSR count). The third-order valence-electron chi connectivity index (χ3n) is 3.47. The van der Waals surface area contributed by atoms with Crippen LogP contribution in [0.4, 0.5) is 0 Å². The summed E-state index contributed by atoms with van der Waals surface area (Å²) in [5, 5.41) is 0.793. The van der Waals surface area contributed by atoms with Crippen LogP contribution in [0.1, 0.15) is 43.7 Å². The lowest BCUT2D eigenvalue weighted by atomic mass is 9.81. The van der Waals surface area contributed by atoms with Gasteiger partial charge in [-0.15, -0.1) is 12.4 Å². The molecule has 1 atom stereocenters. The van der Waals surface area contributed by atoms with E-state index in [-0.39, 0.29) is 18.4 Å². The minimum atomic E-state index is 0. The summed E-state index contributed by atoms with van der Waals surface area (Å²) < 4.78 is 1.05. The van der Waals surface area contributed by atoms with Crippen LogP contribution in [0.5, 0.6) is 0 Å². The molecule has 17 heavy (non-hydrogen) atoms. The zero-order chi connectivity index (χ0) is 11.5. The topological polar surface area (TPSA) is 26.0 Å². The Balaban J connectivity index is 0.00000144. The molecule has 1 aliphatic rings. The van der Waals surface area contributed by atoms with Gasteiger partial charge in [-0.05, 0) is 42.5 Å². The number of nitrogens with two attached hydrogens (primary N) is 1. The van der Waals surface area contributed by atoms with Gasteiger partial charge in [-0.1, -0.05) is 46.8 Å². The Hall–Kier alpha value is 0.240. The van der Waals surface area contributed by atoms with Crippen molar-refractivity contribution in [3.05, 3.63) is 33.3 Å². The Morgan fingerprint density at radius 3 is 2.53 bits per heavy atom. The summed E-state index contributed by atoms with van der Waals surface area (Å²) in [7, 11) is 0. The first-order valence-corrected chi connectivity index (χ1v) is 7.06. The molecule has 0 unspecified atom stereocenters. The lowest BCUT2D eigenvalue weighted by Crippen LogP contribution is -2.23. The molecule has 0 saturated heterocycles. The predicted octanol–water partition coefficient (Wildman–Crippen LogP) is 5.10. The van der Waals surface area contributed by atoms with Gasteiger partial charge in [-0.25, -0.2) is 0 Å². The molecule has 1 saturated carbocycles. The highest BCUT2D eigenvalue weighted by Crippen LogP contribution is 2.36. The summed E-state index contributed by atoms with van der Waals surface area (Å²) in [5.41, 5.74) is 7.42. The van der Waals surface area contributed by atoms with E-state index >= 15 is 0 Å². The SMILES string of the molecule is Cl.N[C@@H](c1cc(Br)ccc1Cl)C1CCCCC1. The van der Waals surface area contributed by atoms with E-state index in [1.54, 1.807) is 0 Å². The quantitative estimate of drug-likeness (QED) is 0.797. The minimum absolute atomic E-state index is 0. The standard InChI is InChI=1S/C13H17BrClN.ClH/c14-10-6-7-12(15)11(8-10)13(16)9-4-2-1-3-5-9;/h6-9,13H,1-5,16H2;1H/t13-;/m1./s1. The Kier molecular flexibility index (Phi) is 6.28. The third-order valence-corrected chi connectivity index (χ3v) is 4.31. The molecule has 1 aliphatic carbocycles. The summed E-state index contributed by atoms with van der Waals surface area (Å²) in [4.78, 5) is 0. The first kappa shape index (κ1) is 15.3. The predicted molar refractivity (Wildman–Crippen MR) is 79.9 cm³/mol. The maximum atomic E-state index is 6.33. The van der Waals surface area contributed by atoms with Crippen molar-refractivity contribution in [2.24, 2.45) is 11.7 Å². The van der Waals surface area contributed by atoms with Gasteiger partial charge in [0.2, 0.25) is 0 Å². The Morgan fingerprint density at radius 1 is 1.24 bits per heavy atom. The lowest BCUT2D eigenvalue weighted by molar-refractivity contribution is 0.308. The van der Waals surface area contributed by atoms with Gasteiger partial charge in [0.1, 0.15) is 0 Å². The summed E-state index contributed by atoms with van der Waals surface area (Å²) >= 11 is 9.68. The van der Waals surface area contributed by atoms with Crippen molar-refractivity contribution in [3.63, 3.8) is 0 Å². The van der Waals surface area contributed by atoms with Crippen molar-refractivity contribution in [1.82, 2.24) is 0 Å². The van der Waals surface area contributed by atoms with Crippen LogP contribution in [0, 0.1) is 5.92 Å². The van der Waals surface area contributed by atoms with Gasteiger partial charge in [0.15, 0.2) is 0 Å².